The van der Waals surface area contributed by atoms with Crippen molar-refractivity contribution in [1.82, 2.24) is 4.37 Å². The van der Waals surface area contributed by atoms with Crippen LogP contribution < -0.4 is 10.5 Å². The summed E-state index contributed by atoms with van der Waals surface area (Å²) in [5, 5.41) is 0. The Kier molecular flexibility index (Phi) is 3.23. The Balaban J connectivity index is 1.96. The van der Waals surface area contributed by atoms with Crippen LogP contribution in [-0.4, -0.2) is 4.37 Å². The molecule has 0 unspecified atom stereocenters. The van der Waals surface area contributed by atoms with Gasteiger partial charge in [0.1, 0.15) is 18.2 Å². The average Bonchev–Trinajstić information content (AvgIpc) is 2.64. The number of anilines is 1. The van der Waals surface area contributed by atoms with Crippen molar-refractivity contribution in [2.24, 2.45) is 0 Å². The Bertz CT molecular complexity index is 441. The zero-order valence-corrected chi connectivity index (χ0v) is 10.2. The van der Waals surface area contributed by atoms with E-state index in [-0.39, 0.29) is 0 Å². The van der Waals surface area contributed by atoms with Gasteiger partial charge in [0.05, 0.1) is 4.88 Å². The molecular weight excluding hydrogens is 276 g/mol. The highest BCUT2D eigenvalue weighted by atomic mass is 79.9. The highest BCUT2D eigenvalue weighted by Gasteiger charge is 1.99. The summed E-state index contributed by atoms with van der Waals surface area (Å²) in [6.45, 7) is 0.510. The van der Waals surface area contributed by atoms with E-state index in [0.29, 0.717) is 12.4 Å². The van der Waals surface area contributed by atoms with Gasteiger partial charge in [-0.05, 0) is 41.9 Å². The molecule has 0 saturated carbocycles. The first-order valence-corrected chi connectivity index (χ1v) is 5.90. The molecule has 1 heterocycles. The lowest BCUT2D eigenvalue weighted by Crippen LogP contribution is -1.92. The predicted octanol–water partition coefficient (Wildman–Crippen LogP) is 3.07. The fourth-order valence-electron chi connectivity index (χ4n) is 1.08. The Labute approximate surface area is 100 Å². The molecule has 2 rings (SSSR count). The van der Waals surface area contributed by atoms with Gasteiger partial charge in [-0.25, -0.2) is 0 Å². The second-order valence-corrected chi connectivity index (χ2v) is 4.77. The zero-order chi connectivity index (χ0) is 10.7. The monoisotopic (exact) mass is 284 g/mol. The number of benzene rings is 1. The molecule has 2 aromatic rings. The largest absolute Gasteiger partial charge is 0.488 e. The third kappa shape index (κ3) is 2.94. The summed E-state index contributed by atoms with van der Waals surface area (Å²) in [6.07, 6.45) is 0. The van der Waals surface area contributed by atoms with Gasteiger partial charge in [-0.15, -0.1) is 0 Å². The van der Waals surface area contributed by atoms with Crippen molar-refractivity contribution in [3.63, 3.8) is 0 Å². The molecule has 5 heteroatoms. The van der Waals surface area contributed by atoms with Gasteiger partial charge < -0.3 is 10.5 Å². The minimum absolute atomic E-state index is 0.510. The molecule has 0 radical (unpaired) electrons. The van der Waals surface area contributed by atoms with E-state index in [1.165, 1.54) is 11.5 Å². The van der Waals surface area contributed by atoms with Crippen LogP contribution in [0.4, 0.5) is 5.82 Å². The molecule has 0 amide bonds. The number of aromatic nitrogens is 1. The van der Waals surface area contributed by atoms with Gasteiger partial charge in [0.15, 0.2) is 0 Å². The van der Waals surface area contributed by atoms with E-state index in [1.54, 1.807) is 0 Å². The van der Waals surface area contributed by atoms with Crippen LogP contribution in [-0.2, 0) is 6.61 Å². The Morgan fingerprint density at radius 2 is 2.07 bits per heavy atom. The van der Waals surface area contributed by atoms with Crippen molar-refractivity contribution in [3.8, 4) is 5.75 Å². The number of hydrogen-bond acceptors (Lipinski definition) is 4. The predicted molar refractivity (Wildman–Crippen MR) is 65.0 cm³/mol. The molecule has 0 aliphatic heterocycles. The normalized spacial score (nSPS) is 10.2. The van der Waals surface area contributed by atoms with Crippen molar-refractivity contribution in [2.45, 2.75) is 6.61 Å². The molecule has 0 fully saturated rings. The first-order valence-electron chi connectivity index (χ1n) is 4.33. The van der Waals surface area contributed by atoms with Crippen molar-refractivity contribution >= 4 is 33.3 Å². The van der Waals surface area contributed by atoms with E-state index in [4.69, 9.17) is 10.5 Å². The van der Waals surface area contributed by atoms with Crippen LogP contribution in [0.2, 0.25) is 0 Å². The van der Waals surface area contributed by atoms with Crippen LogP contribution in [0.3, 0.4) is 0 Å². The minimum atomic E-state index is 0.510. The summed E-state index contributed by atoms with van der Waals surface area (Å²) in [7, 11) is 0. The van der Waals surface area contributed by atoms with Crippen LogP contribution in [0.1, 0.15) is 4.88 Å². The molecular formula is C10H9BrN2OS. The summed E-state index contributed by atoms with van der Waals surface area (Å²) >= 11 is 4.73. The average molecular weight is 285 g/mol. The fourth-order valence-corrected chi connectivity index (χ4v) is 1.91. The number of nitrogens with two attached hydrogens (primary N) is 1. The van der Waals surface area contributed by atoms with E-state index in [2.05, 4.69) is 20.3 Å². The lowest BCUT2D eigenvalue weighted by atomic mass is 10.3. The minimum Gasteiger partial charge on any atom is -0.488 e. The number of nitrogen functional groups attached to an aromatic ring is 1. The van der Waals surface area contributed by atoms with Gasteiger partial charge in [0.2, 0.25) is 0 Å². The van der Waals surface area contributed by atoms with Crippen LogP contribution in [0.15, 0.2) is 34.8 Å². The first kappa shape index (κ1) is 10.4. The molecule has 2 N–H and O–H groups in total. The third-order valence-corrected chi connectivity index (χ3v) is 3.07. The van der Waals surface area contributed by atoms with Crippen molar-refractivity contribution in [3.05, 3.63) is 39.7 Å². The maximum absolute atomic E-state index is 5.55. The number of halogens is 1. The van der Waals surface area contributed by atoms with Crippen molar-refractivity contribution in [2.75, 3.05) is 5.73 Å². The Morgan fingerprint density at radius 1 is 1.33 bits per heavy atom. The van der Waals surface area contributed by atoms with Gasteiger partial charge in [0.25, 0.3) is 0 Å². The fraction of sp³-hybridized carbons (Fsp3) is 0.100. The van der Waals surface area contributed by atoms with Crippen LogP contribution in [0, 0.1) is 0 Å². The topological polar surface area (TPSA) is 48.1 Å². The number of ether oxygens (including phenoxy) is 1. The van der Waals surface area contributed by atoms with Crippen LogP contribution >= 0.6 is 27.5 Å². The van der Waals surface area contributed by atoms with E-state index in [1.807, 2.05) is 30.3 Å². The maximum atomic E-state index is 5.55. The second kappa shape index (κ2) is 4.63. The summed E-state index contributed by atoms with van der Waals surface area (Å²) in [4.78, 5) is 1.02. The summed E-state index contributed by atoms with van der Waals surface area (Å²) in [5.41, 5.74) is 5.50. The third-order valence-electron chi connectivity index (χ3n) is 1.77. The Hall–Kier alpha value is -1.07. The van der Waals surface area contributed by atoms with Gasteiger partial charge in [-0.3, -0.25) is 0 Å². The van der Waals surface area contributed by atoms with Crippen molar-refractivity contribution < 1.29 is 4.74 Å². The van der Waals surface area contributed by atoms with Crippen LogP contribution in [0.25, 0.3) is 0 Å². The molecule has 0 aliphatic rings. The Morgan fingerprint density at radius 3 is 2.67 bits per heavy atom. The summed E-state index contributed by atoms with van der Waals surface area (Å²) in [6, 6.07) is 9.53. The van der Waals surface area contributed by atoms with Gasteiger partial charge in [-0.2, -0.15) is 4.37 Å². The molecule has 1 aromatic carbocycles. The number of rotatable bonds is 3. The van der Waals surface area contributed by atoms with E-state index in [9.17, 15) is 0 Å². The molecule has 0 aliphatic carbocycles. The second-order valence-electron chi connectivity index (χ2n) is 2.96. The van der Waals surface area contributed by atoms with Gasteiger partial charge >= 0.3 is 0 Å². The highest BCUT2D eigenvalue weighted by Crippen LogP contribution is 2.19. The molecule has 78 valence electrons. The highest BCUT2D eigenvalue weighted by molar-refractivity contribution is 9.10. The van der Waals surface area contributed by atoms with Crippen LogP contribution in [0.5, 0.6) is 5.75 Å². The zero-order valence-electron chi connectivity index (χ0n) is 7.81. The maximum Gasteiger partial charge on any atom is 0.137 e. The molecule has 0 atom stereocenters. The van der Waals surface area contributed by atoms with Gasteiger partial charge in [-0.1, -0.05) is 15.9 Å². The number of nitrogens with zero attached hydrogens (tertiary/aromatic N) is 1. The SMILES string of the molecule is Nc1cc(COc2ccc(Br)cc2)sn1. The lowest BCUT2D eigenvalue weighted by Gasteiger charge is -2.03. The molecule has 0 bridgehead atoms. The van der Waals surface area contributed by atoms with E-state index in [0.717, 1.165) is 15.1 Å². The van der Waals surface area contributed by atoms with E-state index >= 15 is 0 Å². The quantitative estimate of drug-likeness (QED) is 0.942. The molecule has 0 spiro atoms. The smallest absolute Gasteiger partial charge is 0.137 e. The molecule has 15 heavy (non-hydrogen) atoms. The molecule has 0 saturated heterocycles. The van der Waals surface area contributed by atoms with Gasteiger partial charge in [0, 0.05) is 4.47 Å². The number of hydrogen-bond donors (Lipinski definition) is 1. The van der Waals surface area contributed by atoms with E-state index < -0.39 is 0 Å². The summed E-state index contributed by atoms with van der Waals surface area (Å²) < 4.78 is 10.6. The first-order chi connectivity index (χ1) is 7.24. The standard InChI is InChI=1S/C10H9BrN2OS/c11-7-1-3-8(4-2-7)14-6-9-5-10(12)13-15-9/h1-5H,6H2,(H2,12,13). The summed E-state index contributed by atoms with van der Waals surface area (Å²) in [5.74, 6) is 1.39. The molecule has 1 aromatic heterocycles. The van der Waals surface area contributed by atoms with Crippen molar-refractivity contribution in [1.29, 1.82) is 0 Å². The lowest BCUT2D eigenvalue weighted by molar-refractivity contribution is 0.310. The molecule has 3 nitrogen and oxygen atoms in total.